The number of thioether (sulfide) groups is 1. The highest BCUT2D eigenvalue weighted by Gasteiger charge is 2.22. The Hall–Kier alpha value is -2.27. The first-order chi connectivity index (χ1) is 12.6. The Morgan fingerprint density at radius 3 is 2.42 bits per heavy atom. The van der Waals surface area contributed by atoms with E-state index in [1.54, 1.807) is 0 Å². The first-order valence-electron chi connectivity index (χ1n) is 8.97. The van der Waals surface area contributed by atoms with Crippen LogP contribution in [0.15, 0.2) is 53.4 Å². The molecule has 0 saturated carbocycles. The first kappa shape index (κ1) is 18.5. The van der Waals surface area contributed by atoms with Gasteiger partial charge in [0.2, 0.25) is 5.91 Å². The third-order valence-corrected chi connectivity index (χ3v) is 5.75. The van der Waals surface area contributed by atoms with E-state index in [4.69, 9.17) is 0 Å². The average molecular weight is 369 g/mol. The molecule has 4 nitrogen and oxygen atoms in total. The van der Waals surface area contributed by atoms with Crippen LogP contribution in [-0.4, -0.2) is 35.1 Å². The Morgan fingerprint density at radius 2 is 1.73 bits per heavy atom. The van der Waals surface area contributed by atoms with Crippen LogP contribution in [0.5, 0.6) is 0 Å². The van der Waals surface area contributed by atoms with Crippen LogP contribution >= 0.6 is 11.8 Å². The summed E-state index contributed by atoms with van der Waals surface area (Å²) in [5.41, 5.74) is 2.21. The number of hydrogen-bond acceptors (Lipinski definition) is 3. The minimum absolute atomic E-state index is 0.0582. The van der Waals surface area contributed by atoms with E-state index < -0.39 is 0 Å². The lowest BCUT2D eigenvalue weighted by Crippen LogP contribution is -2.29. The van der Waals surface area contributed by atoms with Crippen LogP contribution in [0.3, 0.4) is 0 Å². The smallest absolute Gasteiger partial charge is 0.254 e. The van der Waals surface area contributed by atoms with Gasteiger partial charge in [0.05, 0.1) is 5.25 Å². The van der Waals surface area contributed by atoms with Gasteiger partial charge in [-0.1, -0.05) is 24.3 Å². The number of carbonyl (C=O) groups is 2. The van der Waals surface area contributed by atoms with Crippen LogP contribution in [0.2, 0.25) is 0 Å². The monoisotopic (exact) mass is 368 g/mol. The molecule has 136 valence electrons. The van der Waals surface area contributed by atoms with Crippen molar-refractivity contribution in [3.8, 4) is 0 Å². The van der Waals surface area contributed by atoms with Crippen LogP contribution in [-0.2, 0) is 4.79 Å². The third-order valence-electron chi connectivity index (χ3n) is 4.64. The van der Waals surface area contributed by atoms with Gasteiger partial charge in [-0.2, -0.15) is 0 Å². The third kappa shape index (κ3) is 4.28. The summed E-state index contributed by atoms with van der Waals surface area (Å²) < 4.78 is 0. The molecule has 1 fully saturated rings. The van der Waals surface area contributed by atoms with Gasteiger partial charge < -0.3 is 10.2 Å². The van der Waals surface area contributed by atoms with Crippen molar-refractivity contribution >= 4 is 29.3 Å². The Bertz CT molecular complexity index is 786. The summed E-state index contributed by atoms with van der Waals surface area (Å²) in [5.74, 6) is -0.00414. The number of likely N-dealkylation sites (tertiary alicyclic amines) is 1. The van der Waals surface area contributed by atoms with Crippen molar-refractivity contribution in [2.24, 2.45) is 0 Å². The first-order valence-corrected chi connectivity index (χ1v) is 9.85. The molecule has 1 aliphatic rings. The van der Waals surface area contributed by atoms with Gasteiger partial charge in [-0.15, -0.1) is 11.8 Å². The van der Waals surface area contributed by atoms with Crippen LogP contribution < -0.4 is 5.32 Å². The second-order valence-corrected chi connectivity index (χ2v) is 7.95. The zero-order chi connectivity index (χ0) is 18.5. The number of amides is 2. The molecule has 1 saturated heterocycles. The molecule has 1 N–H and O–H groups in total. The van der Waals surface area contributed by atoms with Gasteiger partial charge in [0.15, 0.2) is 0 Å². The molecule has 3 rings (SSSR count). The van der Waals surface area contributed by atoms with Crippen LogP contribution in [0.25, 0.3) is 0 Å². The number of rotatable bonds is 5. The lowest BCUT2D eigenvalue weighted by Gasteiger charge is -2.19. The molecule has 2 aromatic rings. The Morgan fingerprint density at radius 1 is 1.04 bits per heavy atom. The van der Waals surface area contributed by atoms with Crippen molar-refractivity contribution in [3.63, 3.8) is 0 Å². The van der Waals surface area contributed by atoms with Gasteiger partial charge in [-0.05, 0) is 56.5 Å². The maximum Gasteiger partial charge on any atom is 0.254 e. The number of nitrogens with one attached hydrogen (secondary N) is 1. The van der Waals surface area contributed by atoms with Gasteiger partial charge in [0.25, 0.3) is 5.91 Å². The second-order valence-electron chi connectivity index (χ2n) is 6.54. The summed E-state index contributed by atoms with van der Waals surface area (Å²) in [4.78, 5) is 28.2. The molecule has 0 aliphatic carbocycles. The van der Waals surface area contributed by atoms with Crippen molar-refractivity contribution in [1.82, 2.24) is 4.90 Å². The highest BCUT2D eigenvalue weighted by Crippen LogP contribution is 2.26. The highest BCUT2D eigenvalue weighted by atomic mass is 32.2. The van der Waals surface area contributed by atoms with E-state index in [1.165, 1.54) is 11.8 Å². The van der Waals surface area contributed by atoms with Crippen molar-refractivity contribution < 1.29 is 9.59 Å². The molecule has 2 aromatic carbocycles. The normalized spacial score (nSPS) is 14.9. The minimum Gasteiger partial charge on any atom is -0.339 e. The number of hydrogen-bond donors (Lipinski definition) is 1. The van der Waals surface area contributed by atoms with E-state index >= 15 is 0 Å². The number of anilines is 1. The van der Waals surface area contributed by atoms with Gasteiger partial charge in [0, 0.05) is 29.2 Å². The molecule has 0 spiro atoms. The number of benzene rings is 2. The molecule has 0 bridgehead atoms. The molecule has 1 aliphatic heterocycles. The Labute approximate surface area is 159 Å². The largest absolute Gasteiger partial charge is 0.339 e. The molecule has 0 aromatic heterocycles. The van der Waals surface area contributed by atoms with E-state index in [0.717, 1.165) is 36.4 Å². The van der Waals surface area contributed by atoms with E-state index in [0.29, 0.717) is 11.3 Å². The zero-order valence-electron chi connectivity index (χ0n) is 15.2. The fourth-order valence-electron chi connectivity index (χ4n) is 3.08. The standard InChI is InChI=1S/C21H24N2O2S/c1-15-18(21(25)23-13-6-7-14-23)11-8-12-19(15)22-20(24)16(2)26-17-9-4-3-5-10-17/h3-5,8-12,16H,6-7,13-14H2,1-2H3,(H,22,24). The Kier molecular flexibility index (Phi) is 5.99. The fraction of sp³-hybridized carbons (Fsp3) is 0.333. The quantitative estimate of drug-likeness (QED) is 0.798. The van der Waals surface area contributed by atoms with Gasteiger partial charge in [0.1, 0.15) is 0 Å². The maximum atomic E-state index is 12.7. The van der Waals surface area contributed by atoms with Crippen molar-refractivity contribution in [2.75, 3.05) is 18.4 Å². The fourth-order valence-corrected chi connectivity index (χ4v) is 3.97. The Balaban J connectivity index is 1.70. The summed E-state index contributed by atoms with van der Waals surface area (Å²) in [6.45, 7) is 5.43. The molecule has 26 heavy (non-hydrogen) atoms. The van der Waals surface area contributed by atoms with E-state index in [-0.39, 0.29) is 17.1 Å². The molecule has 1 atom stereocenters. The van der Waals surface area contributed by atoms with E-state index in [2.05, 4.69) is 5.32 Å². The van der Waals surface area contributed by atoms with Crippen LogP contribution in [0.4, 0.5) is 5.69 Å². The molecular formula is C21H24N2O2S. The summed E-state index contributed by atoms with van der Waals surface area (Å²) >= 11 is 1.52. The van der Waals surface area contributed by atoms with Crippen molar-refractivity contribution in [1.29, 1.82) is 0 Å². The van der Waals surface area contributed by atoms with Crippen LogP contribution in [0.1, 0.15) is 35.7 Å². The summed E-state index contributed by atoms with van der Waals surface area (Å²) in [5, 5.41) is 2.76. The molecule has 2 amide bonds. The lowest BCUT2D eigenvalue weighted by atomic mass is 10.1. The van der Waals surface area contributed by atoms with Crippen molar-refractivity contribution in [2.45, 2.75) is 36.8 Å². The maximum absolute atomic E-state index is 12.7. The van der Waals surface area contributed by atoms with Crippen LogP contribution in [0, 0.1) is 6.92 Å². The summed E-state index contributed by atoms with van der Waals surface area (Å²) in [7, 11) is 0. The number of nitrogens with zero attached hydrogens (tertiary/aromatic N) is 1. The average Bonchev–Trinajstić information content (AvgIpc) is 3.18. The predicted octanol–water partition coefficient (Wildman–Crippen LogP) is 4.35. The minimum atomic E-state index is -0.227. The predicted molar refractivity (Wildman–Crippen MR) is 107 cm³/mol. The molecule has 1 unspecified atom stereocenters. The topological polar surface area (TPSA) is 49.4 Å². The van der Waals surface area contributed by atoms with E-state index in [1.807, 2.05) is 67.3 Å². The second kappa shape index (κ2) is 8.41. The zero-order valence-corrected chi connectivity index (χ0v) is 16.0. The highest BCUT2D eigenvalue weighted by molar-refractivity contribution is 8.00. The molecule has 1 heterocycles. The lowest BCUT2D eigenvalue weighted by molar-refractivity contribution is -0.115. The van der Waals surface area contributed by atoms with Gasteiger partial charge in [-0.25, -0.2) is 0 Å². The SMILES string of the molecule is Cc1c(NC(=O)C(C)Sc2ccccc2)cccc1C(=O)N1CCCC1. The molecule has 0 radical (unpaired) electrons. The van der Waals surface area contributed by atoms with Crippen molar-refractivity contribution in [3.05, 3.63) is 59.7 Å². The summed E-state index contributed by atoms with van der Waals surface area (Å²) in [6, 6.07) is 15.4. The van der Waals surface area contributed by atoms with Gasteiger partial charge in [-0.3, -0.25) is 9.59 Å². The summed E-state index contributed by atoms with van der Waals surface area (Å²) in [6.07, 6.45) is 2.13. The number of carbonyl (C=O) groups excluding carboxylic acids is 2. The molecule has 5 heteroatoms. The van der Waals surface area contributed by atoms with E-state index in [9.17, 15) is 9.59 Å². The molecular weight excluding hydrogens is 344 g/mol. The van der Waals surface area contributed by atoms with Gasteiger partial charge >= 0.3 is 0 Å².